The summed E-state index contributed by atoms with van der Waals surface area (Å²) in [5.74, 6) is 0. The molecular weight excluding hydrogens is 388 g/mol. The van der Waals surface area contributed by atoms with E-state index in [-0.39, 0.29) is 12.4 Å². The van der Waals surface area contributed by atoms with Crippen LogP contribution in [0.1, 0.15) is 46.0 Å². The molecule has 0 atom stereocenters. The quantitative estimate of drug-likeness (QED) is 0.291. The van der Waals surface area contributed by atoms with Gasteiger partial charge in [-0.25, -0.2) is 0 Å². The van der Waals surface area contributed by atoms with E-state index >= 15 is 0 Å². The van der Waals surface area contributed by atoms with Crippen molar-refractivity contribution in [1.29, 1.82) is 0 Å². The molecule has 0 saturated heterocycles. The second-order valence-electron chi connectivity index (χ2n) is 7.89. The van der Waals surface area contributed by atoms with E-state index in [0.717, 1.165) is 6.54 Å². The summed E-state index contributed by atoms with van der Waals surface area (Å²) in [6.07, 6.45) is 6.34. The number of halogens is 1. The standard InChI is InChI=1S/C27H36N2.ClH/c1-3-5-20-28(21-6-4-2)22-13-23-29-26(24-14-9-7-10-15-24)18-19-27(29)25-16-11-8-12-17-25;/h7-12,14-19H,3-6,13,20-23H2,1-2H3;1H. The molecule has 2 aromatic carbocycles. The van der Waals surface area contributed by atoms with E-state index in [0.29, 0.717) is 0 Å². The molecule has 3 heteroatoms. The SMILES string of the molecule is CCCCN(CCCC)CCCn1c(-c2ccccc2)ccc1-c1ccccc1.Cl. The van der Waals surface area contributed by atoms with Crippen LogP contribution < -0.4 is 0 Å². The largest absolute Gasteiger partial charge is 0.340 e. The molecule has 2 nitrogen and oxygen atoms in total. The first-order chi connectivity index (χ1) is 14.3. The number of hydrogen-bond donors (Lipinski definition) is 0. The van der Waals surface area contributed by atoms with Gasteiger partial charge in [0, 0.05) is 17.9 Å². The van der Waals surface area contributed by atoms with E-state index in [4.69, 9.17) is 0 Å². The Morgan fingerprint density at radius 1 is 0.600 bits per heavy atom. The molecule has 0 fully saturated rings. The van der Waals surface area contributed by atoms with Gasteiger partial charge in [-0.15, -0.1) is 12.4 Å². The molecule has 1 aromatic heterocycles. The normalized spacial score (nSPS) is 10.9. The van der Waals surface area contributed by atoms with Crippen molar-refractivity contribution in [1.82, 2.24) is 9.47 Å². The van der Waals surface area contributed by atoms with Crippen molar-refractivity contribution in [3.05, 3.63) is 72.8 Å². The van der Waals surface area contributed by atoms with Crippen LogP contribution in [0.5, 0.6) is 0 Å². The van der Waals surface area contributed by atoms with Gasteiger partial charge in [-0.3, -0.25) is 0 Å². The Bertz CT molecular complexity index is 762. The Hall–Kier alpha value is -2.03. The van der Waals surface area contributed by atoms with Gasteiger partial charge >= 0.3 is 0 Å². The van der Waals surface area contributed by atoms with E-state index in [1.165, 1.54) is 74.3 Å². The zero-order chi connectivity index (χ0) is 20.3. The van der Waals surface area contributed by atoms with Crippen LogP contribution in [0.25, 0.3) is 22.5 Å². The van der Waals surface area contributed by atoms with E-state index in [2.05, 4.69) is 96.1 Å². The van der Waals surface area contributed by atoms with Crippen LogP contribution in [0, 0.1) is 0 Å². The summed E-state index contributed by atoms with van der Waals surface area (Å²) >= 11 is 0. The average molecular weight is 425 g/mol. The van der Waals surface area contributed by atoms with E-state index in [9.17, 15) is 0 Å². The lowest BCUT2D eigenvalue weighted by Crippen LogP contribution is -2.28. The van der Waals surface area contributed by atoms with Gasteiger partial charge in [-0.1, -0.05) is 87.4 Å². The molecule has 0 spiro atoms. The van der Waals surface area contributed by atoms with Crippen LogP contribution in [0.4, 0.5) is 0 Å². The highest BCUT2D eigenvalue weighted by molar-refractivity contribution is 5.85. The molecule has 0 saturated carbocycles. The van der Waals surface area contributed by atoms with Crippen molar-refractivity contribution in [2.75, 3.05) is 19.6 Å². The minimum Gasteiger partial charge on any atom is -0.340 e. The predicted octanol–water partition coefficient (Wildman–Crippen LogP) is 7.54. The molecule has 0 aliphatic heterocycles. The Labute approximate surface area is 189 Å². The van der Waals surface area contributed by atoms with E-state index in [1.54, 1.807) is 0 Å². The molecule has 3 rings (SSSR count). The fourth-order valence-corrected chi connectivity index (χ4v) is 3.98. The molecule has 30 heavy (non-hydrogen) atoms. The number of nitrogens with zero attached hydrogens (tertiary/aromatic N) is 2. The third-order valence-corrected chi connectivity index (χ3v) is 5.63. The van der Waals surface area contributed by atoms with Crippen LogP contribution in [0.3, 0.4) is 0 Å². The van der Waals surface area contributed by atoms with Crippen molar-refractivity contribution < 1.29 is 0 Å². The van der Waals surface area contributed by atoms with Crippen molar-refractivity contribution in [3.8, 4) is 22.5 Å². The summed E-state index contributed by atoms with van der Waals surface area (Å²) in [4.78, 5) is 2.67. The number of unbranched alkanes of at least 4 members (excludes halogenated alkanes) is 2. The van der Waals surface area contributed by atoms with Crippen LogP contribution in [-0.4, -0.2) is 29.1 Å². The smallest absolute Gasteiger partial charge is 0.0485 e. The van der Waals surface area contributed by atoms with Crippen molar-refractivity contribution in [2.24, 2.45) is 0 Å². The number of benzene rings is 2. The molecule has 0 unspecified atom stereocenters. The van der Waals surface area contributed by atoms with Gasteiger partial charge in [0.15, 0.2) is 0 Å². The highest BCUT2D eigenvalue weighted by Gasteiger charge is 2.12. The van der Waals surface area contributed by atoms with Gasteiger partial charge in [-0.05, 0) is 62.2 Å². The lowest BCUT2D eigenvalue weighted by molar-refractivity contribution is 0.257. The lowest BCUT2D eigenvalue weighted by atomic mass is 10.1. The van der Waals surface area contributed by atoms with Gasteiger partial charge in [0.1, 0.15) is 0 Å². The summed E-state index contributed by atoms with van der Waals surface area (Å²) in [5.41, 5.74) is 5.23. The summed E-state index contributed by atoms with van der Waals surface area (Å²) in [5, 5.41) is 0. The second-order valence-corrected chi connectivity index (χ2v) is 7.89. The Balaban J connectivity index is 0.00000320. The maximum atomic E-state index is 2.67. The van der Waals surface area contributed by atoms with Gasteiger partial charge in [0.2, 0.25) is 0 Å². The number of hydrogen-bond acceptors (Lipinski definition) is 1. The van der Waals surface area contributed by atoms with E-state index < -0.39 is 0 Å². The van der Waals surface area contributed by atoms with Crippen molar-refractivity contribution in [2.45, 2.75) is 52.5 Å². The van der Waals surface area contributed by atoms with Gasteiger partial charge in [-0.2, -0.15) is 0 Å². The monoisotopic (exact) mass is 424 g/mol. The van der Waals surface area contributed by atoms with Gasteiger partial charge in [0.25, 0.3) is 0 Å². The molecule has 0 amide bonds. The first-order valence-corrected chi connectivity index (χ1v) is 11.4. The molecule has 162 valence electrons. The first kappa shape index (κ1) is 24.2. The maximum absolute atomic E-state index is 2.67. The molecule has 3 aromatic rings. The van der Waals surface area contributed by atoms with Crippen LogP contribution in [0.2, 0.25) is 0 Å². The minimum absolute atomic E-state index is 0. The fourth-order valence-electron chi connectivity index (χ4n) is 3.98. The zero-order valence-corrected chi connectivity index (χ0v) is 19.4. The average Bonchev–Trinajstić information content (AvgIpc) is 3.20. The third kappa shape index (κ3) is 6.75. The summed E-state index contributed by atoms with van der Waals surface area (Å²) in [7, 11) is 0. The highest BCUT2D eigenvalue weighted by Crippen LogP contribution is 2.29. The van der Waals surface area contributed by atoms with Crippen molar-refractivity contribution in [3.63, 3.8) is 0 Å². The molecular formula is C27H37ClN2. The van der Waals surface area contributed by atoms with Crippen LogP contribution >= 0.6 is 12.4 Å². The van der Waals surface area contributed by atoms with E-state index in [1.807, 2.05) is 0 Å². The first-order valence-electron chi connectivity index (χ1n) is 11.4. The van der Waals surface area contributed by atoms with Crippen LogP contribution in [-0.2, 0) is 6.54 Å². The molecule has 0 radical (unpaired) electrons. The molecule has 0 N–H and O–H groups in total. The maximum Gasteiger partial charge on any atom is 0.0485 e. The Morgan fingerprint density at radius 2 is 1.03 bits per heavy atom. The fraction of sp³-hybridized carbons (Fsp3) is 0.407. The summed E-state index contributed by atoms with van der Waals surface area (Å²) in [6.45, 7) is 9.28. The van der Waals surface area contributed by atoms with Gasteiger partial charge in [0.05, 0.1) is 0 Å². The summed E-state index contributed by atoms with van der Waals surface area (Å²) in [6, 6.07) is 26.1. The molecule has 0 bridgehead atoms. The number of rotatable bonds is 12. The predicted molar refractivity (Wildman–Crippen MR) is 133 cm³/mol. The minimum atomic E-state index is 0. The molecule has 1 heterocycles. The van der Waals surface area contributed by atoms with Gasteiger partial charge < -0.3 is 9.47 Å². The van der Waals surface area contributed by atoms with Crippen molar-refractivity contribution >= 4 is 12.4 Å². The third-order valence-electron chi connectivity index (χ3n) is 5.63. The Morgan fingerprint density at radius 3 is 1.47 bits per heavy atom. The lowest BCUT2D eigenvalue weighted by Gasteiger charge is -2.23. The molecule has 0 aliphatic rings. The summed E-state index contributed by atoms with van der Waals surface area (Å²) < 4.78 is 2.52. The zero-order valence-electron chi connectivity index (χ0n) is 18.6. The number of aromatic nitrogens is 1. The topological polar surface area (TPSA) is 8.17 Å². The van der Waals surface area contributed by atoms with Crippen LogP contribution in [0.15, 0.2) is 72.8 Å². The molecule has 0 aliphatic carbocycles. The highest BCUT2D eigenvalue weighted by atomic mass is 35.5. The second kappa shape index (κ2) is 13.3. The Kier molecular flexibility index (Phi) is 10.8.